The molecule has 0 aliphatic rings. The minimum atomic E-state index is -2.91. The van der Waals surface area contributed by atoms with Crippen molar-refractivity contribution in [1.29, 1.82) is 0 Å². The molecule has 0 unspecified atom stereocenters. The number of nitrogens with two attached hydrogens (primary N) is 1. The van der Waals surface area contributed by atoms with Crippen molar-refractivity contribution in [1.82, 2.24) is 9.88 Å². The van der Waals surface area contributed by atoms with Gasteiger partial charge in [0.05, 0.1) is 17.1 Å². The van der Waals surface area contributed by atoms with Gasteiger partial charge in [-0.3, -0.25) is 9.88 Å². The van der Waals surface area contributed by atoms with Crippen LogP contribution >= 0.6 is 0 Å². The Morgan fingerprint density at radius 3 is 2.75 bits per heavy atom. The predicted molar refractivity (Wildman–Crippen MR) is 64.7 cm³/mol. The maximum atomic E-state index is 11.0. The predicted octanol–water partition coefficient (Wildman–Crippen LogP) is 0.140. The fraction of sp³-hybridized carbons (Fsp3) is 0.500. The summed E-state index contributed by atoms with van der Waals surface area (Å²) in [5.41, 5.74) is 7.15. The van der Waals surface area contributed by atoms with E-state index in [0.29, 0.717) is 18.8 Å². The normalized spacial score (nSPS) is 11.9. The zero-order chi connectivity index (χ0) is 12.2. The smallest absolute Gasteiger partial charge is 0.148 e. The van der Waals surface area contributed by atoms with Crippen molar-refractivity contribution in [3.05, 3.63) is 24.0 Å². The van der Waals surface area contributed by atoms with E-state index in [-0.39, 0.29) is 5.75 Å². The van der Waals surface area contributed by atoms with E-state index in [9.17, 15) is 8.42 Å². The second kappa shape index (κ2) is 5.27. The van der Waals surface area contributed by atoms with Gasteiger partial charge in [-0.25, -0.2) is 8.42 Å². The quantitative estimate of drug-likeness (QED) is 0.796. The number of hydrogen-bond acceptors (Lipinski definition) is 5. The van der Waals surface area contributed by atoms with Crippen molar-refractivity contribution in [2.24, 2.45) is 0 Å². The van der Waals surface area contributed by atoms with E-state index in [4.69, 9.17) is 5.73 Å². The Kier molecular flexibility index (Phi) is 4.26. The number of rotatable bonds is 5. The van der Waals surface area contributed by atoms with Crippen molar-refractivity contribution < 1.29 is 8.42 Å². The summed E-state index contributed by atoms with van der Waals surface area (Å²) in [4.78, 5) is 6.04. The fourth-order valence-electron chi connectivity index (χ4n) is 1.24. The lowest BCUT2D eigenvalue weighted by molar-refractivity contribution is 0.342. The average Bonchev–Trinajstić information content (AvgIpc) is 2.18. The Morgan fingerprint density at radius 2 is 2.19 bits per heavy atom. The van der Waals surface area contributed by atoms with E-state index in [2.05, 4.69) is 4.98 Å². The molecule has 90 valence electrons. The van der Waals surface area contributed by atoms with Crippen molar-refractivity contribution in [3.8, 4) is 0 Å². The van der Waals surface area contributed by atoms with Crippen LogP contribution in [0.3, 0.4) is 0 Å². The van der Waals surface area contributed by atoms with Gasteiger partial charge in [-0.2, -0.15) is 0 Å². The molecule has 0 bridgehead atoms. The van der Waals surface area contributed by atoms with E-state index in [0.717, 1.165) is 5.69 Å². The fourth-order valence-corrected chi connectivity index (χ4v) is 1.88. The molecule has 0 atom stereocenters. The summed E-state index contributed by atoms with van der Waals surface area (Å²) in [6.07, 6.45) is 2.91. The SMILES string of the molecule is CN(CCS(C)(=O)=O)Cc1ncccc1N. The minimum absolute atomic E-state index is 0.149. The van der Waals surface area contributed by atoms with E-state index in [1.54, 1.807) is 18.3 Å². The van der Waals surface area contributed by atoms with Crippen molar-refractivity contribution >= 4 is 15.5 Å². The van der Waals surface area contributed by atoms with Crippen molar-refractivity contribution in [2.45, 2.75) is 6.54 Å². The van der Waals surface area contributed by atoms with Crippen LogP contribution in [0.1, 0.15) is 5.69 Å². The molecule has 0 saturated carbocycles. The van der Waals surface area contributed by atoms with Gasteiger partial charge in [-0.05, 0) is 19.2 Å². The second-order valence-electron chi connectivity index (χ2n) is 3.91. The lowest BCUT2D eigenvalue weighted by Gasteiger charge is -2.16. The molecule has 6 heteroatoms. The largest absolute Gasteiger partial charge is 0.397 e. The topological polar surface area (TPSA) is 76.3 Å². The zero-order valence-corrected chi connectivity index (χ0v) is 10.4. The van der Waals surface area contributed by atoms with Crippen LogP contribution in [0.25, 0.3) is 0 Å². The molecule has 0 aromatic carbocycles. The Hall–Kier alpha value is -1.14. The van der Waals surface area contributed by atoms with Gasteiger partial charge in [0.25, 0.3) is 0 Å². The highest BCUT2D eigenvalue weighted by atomic mass is 32.2. The van der Waals surface area contributed by atoms with E-state index >= 15 is 0 Å². The Labute approximate surface area is 96.2 Å². The lowest BCUT2D eigenvalue weighted by Crippen LogP contribution is -2.25. The molecule has 1 aromatic heterocycles. The molecule has 5 nitrogen and oxygen atoms in total. The average molecular weight is 243 g/mol. The van der Waals surface area contributed by atoms with Crippen molar-refractivity contribution in [2.75, 3.05) is 31.3 Å². The van der Waals surface area contributed by atoms with Gasteiger partial charge >= 0.3 is 0 Å². The highest BCUT2D eigenvalue weighted by Crippen LogP contribution is 2.08. The van der Waals surface area contributed by atoms with Crippen LogP contribution in [0, 0.1) is 0 Å². The lowest BCUT2D eigenvalue weighted by atomic mass is 10.3. The molecule has 1 rings (SSSR count). The molecule has 1 aromatic rings. The van der Waals surface area contributed by atoms with Crippen LogP contribution in [0.15, 0.2) is 18.3 Å². The van der Waals surface area contributed by atoms with Gasteiger partial charge < -0.3 is 5.73 Å². The molecule has 2 N–H and O–H groups in total. The van der Waals surface area contributed by atoms with Gasteiger partial charge in [0, 0.05) is 25.5 Å². The monoisotopic (exact) mass is 243 g/mol. The van der Waals surface area contributed by atoms with Crippen LogP contribution in [-0.4, -0.2) is 43.9 Å². The highest BCUT2D eigenvalue weighted by Gasteiger charge is 2.08. The summed E-state index contributed by atoms with van der Waals surface area (Å²) >= 11 is 0. The maximum absolute atomic E-state index is 11.0. The molecule has 0 spiro atoms. The Bertz CT molecular complexity index is 445. The zero-order valence-electron chi connectivity index (χ0n) is 9.55. The Morgan fingerprint density at radius 1 is 1.50 bits per heavy atom. The van der Waals surface area contributed by atoms with E-state index in [1.165, 1.54) is 6.26 Å². The molecule has 0 fully saturated rings. The number of anilines is 1. The number of sulfone groups is 1. The summed E-state index contributed by atoms with van der Waals surface area (Å²) in [6.45, 7) is 1.04. The summed E-state index contributed by atoms with van der Waals surface area (Å²) in [5, 5.41) is 0. The van der Waals surface area contributed by atoms with Gasteiger partial charge in [0.1, 0.15) is 9.84 Å². The third kappa shape index (κ3) is 4.59. The molecule has 0 amide bonds. The van der Waals surface area contributed by atoms with Crippen LogP contribution in [0.4, 0.5) is 5.69 Å². The number of nitrogens with zero attached hydrogens (tertiary/aromatic N) is 2. The first-order valence-electron chi connectivity index (χ1n) is 4.94. The molecule has 0 aliphatic heterocycles. The summed E-state index contributed by atoms with van der Waals surface area (Å²) in [6, 6.07) is 3.56. The van der Waals surface area contributed by atoms with E-state index in [1.807, 2.05) is 11.9 Å². The van der Waals surface area contributed by atoms with Gasteiger partial charge in [0.2, 0.25) is 0 Å². The number of nitrogen functional groups attached to an aromatic ring is 1. The first-order chi connectivity index (χ1) is 7.38. The van der Waals surface area contributed by atoms with Crippen LogP contribution < -0.4 is 5.73 Å². The number of hydrogen-bond donors (Lipinski definition) is 1. The minimum Gasteiger partial charge on any atom is -0.397 e. The first kappa shape index (κ1) is 12.9. The maximum Gasteiger partial charge on any atom is 0.148 e. The molecule has 0 aliphatic carbocycles. The van der Waals surface area contributed by atoms with E-state index < -0.39 is 9.84 Å². The Balaban J connectivity index is 2.52. The number of aromatic nitrogens is 1. The standard InChI is InChI=1S/C10H17N3O2S/c1-13(6-7-16(2,14)15)8-10-9(11)4-3-5-12-10/h3-5H,6-8,11H2,1-2H3. The van der Waals surface area contributed by atoms with Crippen LogP contribution in [0.2, 0.25) is 0 Å². The first-order valence-corrected chi connectivity index (χ1v) is 7.00. The summed E-state index contributed by atoms with van der Waals surface area (Å²) in [7, 11) is -1.07. The van der Waals surface area contributed by atoms with Crippen LogP contribution in [0.5, 0.6) is 0 Å². The molecule has 1 heterocycles. The summed E-state index contributed by atoms with van der Waals surface area (Å²) in [5.74, 6) is 0.149. The van der Waals surface area contributed by atoms with Crippen LogP contribution in [-0.2, 0) is 16.4 Å². The molecule has 0 saturated heterocycles. The molecule has 0 radical (unpaired) electrons. The molecular weight excluding hydrogens is 226 g/mol. The highest BCUT2D eigenvalue weighted by molar-refractivity contribution is 7.90. The van der Waals surface area contributed by atoms with Crippen molar-refractivity contribution in [3.63, 3.8) is 0 Å². The second-order valence-corrected chi connectivity index (χ2v) is 6.17. The summed E-state index contributed by atoms with van der Waals surface area (Å²) < 4.78 is 22.0. The third-order valence-electron chi connectivity index (χ3n) is 2.19. The van der Waals surface area contributed by atoms with Gasteiger partial charge in [-0.1, -0.05) is 0 Å². The third-order valence-corrected chi connectivity index (χ3v) is 3.11. The molecular formula is C10H17N3O2S. The number of pyridine rings is 1. The van der Waals surface area contributed by atoms with Gasteiger partial charge in [0.15, 0.2) is 0 Å². The van der Waals surface area contributed by atoms with Gasteiger partial charge in [-0.15, -0.1) is 0 Å². The molecule has 16 heavy (non-hydrogen) atoms.